The normalized spacial score (nSPS) is 12.2. The van der Waals surface area contributed by atoms with Crippen LogP contribution in [0.3, 0.4) is 0 Å². The topological polar surface area (TPSA) is 64.0 Å². The summed E-state index contributed by atoms with van der Waals surface area (Å²) in [6.45, 7) is 4.27. The predicted octanol–water partition coefficient (Wildman–Crippen LogP) is 1.24. The van der Waals surface area contributed by atoms with Gasteiger partial charge < -0.3 is 0 Å². The van der Waals surface area contributed by atoms with Gasteiger partial charge in [-0.25, -0.2) is 13.1 Å². The molecule has 6 heteroatoms. The fraction of sp³-hybridized carbons (Fsp3) is 0.417. The zero-order valence-corrected chi connectivity index (χ0v) is 11.8. The summed E-state index contributed by atoms with van der Waals surface area (Å²) in [5.74, 6) is 0. The first-order valence-electron chi connectivity index (χ1n) is 5.65. The Balaban J connectivity index is 2.53. The number of rotatable bonds is 3. The predicted molar refractivity (Wildman–Crippen MR) is 71.9 cm³/mol. The monoisotopic (exact) mass is 267 g/mol. The highest BCUT2D eigenvalue weighted by molar-refractivity contribution is 7.88. The molecule has 0 aliphatic carbocycles. The van der Waals surface area contributed by atoms with Crippen LogP contribution in [0.1, 0.15) is 16.8 Å². The van der Waals surface area contributed by atoms with Crippen LogP contribution in [-0.2, 0) is 23.6 Å². The first-order valence-corrected chi connectivity index (χ1v) is 7.54. The average Bonchev–Trinajstić information content (AvgIpc) is 2.52. The van der Waals surface area contributed by atoms with Crippen molar-refractivity contribution in [3.05, 3.63) is 29.0 Å². The lowest BCUT2D eigenvalue weighted by Crippen LogP contribution is -2.21. The second kappa shape index (κ2) is 4.37. The van der Waals surface area contributed by atoms with Crippen LogP contribution in [-0.4, -0.2) is 24.5 Å². The van der Waals surface area contributed by atoms with Gasteiger partial charge in [0.15, 0.2) is 0 Å². The molecule has 18 heavy (non-hydrogen) atoms. The first-order chi connectivity index (χ1) is 8.28. The van der Waals surface area contributed by atoms with Crippen LogP contribution in [0, 0.1) is 13.8 Å². The molecule has 98 valence electrons. The van der Waals surface area contributed by atoms with E-state index in [1.807, 2.05) is 31.6 Å². The molecule has 5 nitrogen and oxygen atoms in total. The molecule has 0 saturated carbocycles. The number of hydrogen-bond donors (Lipinski definition) is 1. The summed E-state index contributed by atoms with van der Waals surface area (Å²) in [5, 5.41) is 5.51. The lowest BCUT2D eigenvalue weighted by atomic mass is 10.1. The molecule has 2 rings (SSSR count). The minimum atomic E-state index is -3.19. The molecule has 1 aromatic carbocycles. The van der Waals surface area contributed by atoms with E-state index in [4.69, 9.17) is 0 Å². The fourth-order valence-electron chi connectivity index (χ4n) is 1.99. The molecule has 0 bridgehead atoms. The van der Waals surface area contributed by atoms with Crippen LogP contribution >= 0.6 is 0 Å². The van der Waals surface area contributed by atoms with E-state index in [1.54, 1.807) is 0 Å². The summed E-state index contributed by atoms with van der Waals surface area (Å²) in [6, 6.07) is 4.04. The van der Waals surface area contributed by atoms with Gasteiger partial charge in [-0.15, -0.1) is 0 Å². The van der Waals surface area contributed by atoms with E-state index in [1.165, 1.54) is 0 Å². The quantitative estimate of drug-likeness (QED) is 0.910. The third-order valence-electron chi connectivity index (χ3n) is 2.98. The smallest absolute Gasteiger partial charge is 0.209 e. The Hall–Kier alpha value is -1.40. The molecule has 0 saturated heterocycles. The fourth-order valence-corrected chi connectivity index (χ4v) is 2.41. The summed E-state index contributed by atoms with van der Waals surface area (Å²) in [5.41, 5.74) is 3.94. The van der Waals surface area contributed by atoms with Crippen molar-refractivity contribution in [1.82, 2.24) is 14.5 Å². The van der Waals surface area contributed by atoms with E-state index in [-0.39, 0.29) is 6.54 Å². The molecule has 0 amide bonds. The molecular weight excluding hydrogens is 250 g/mol. The average molecular weight is 267 g/mol. The van der Waals surface area contributed by atoms with Crippen LogP contribution in [0.5, 0.6) is 0 Å². The molecule has 0 atom stereocenters. The van der Waals surface area contributed by atoms with Crippen molar-refractivity contribution >= 4 is 20.9 Å². The molecular formula is C12H17N3O2S. The Morgan fingerprint density at radius 1 is 1.33 bits per heavy atom. The Morgan fingerprint density at radius 2 is 2.00 bits per heavy atom. The Morgan fingerprint density at radius 3 is 2.61 bits per heavy atom. The van der Waals surface area contributed by atoms with E-state index in [9.17, 15) is 8.42 Å². The first kappa shape index (κ1) is 13.0. The SMILES string of the molecule is Cc1cc(CNS(C)(=O)=O)c2nn(C)c(C)c2c1. The van der Waals surface area contributed by atoms with Crippen molar-refractivity contribution in [1.29, 1.82) is 0 Å². The minimum absolute atomic E-state index is 0.271. The van der Waals surface area contributed by atoms with Crippen molar-refractivity contribution in [2.24, 2.45) is 7.05 Å². The van der Waals surface area contributed by atoms with Crippen molar-refractivity contribution in [3.63, 3.8) is 0 Å². The third kappa shape index (κ3) is 2.54. The zero-order chi connectivity index (χ0) is 13.5. The van der Waals surface area contributed by atoms with E-state index in [2.05, 4.69) is 15.9 Å². The van der Waals surface area contributed by atoms with Crippen LogP contribution in [0.2, 0.25) is 0 Å². The number of nitrogens with zero attached hydrogens (tertiary/aromatic N) is 2. The van der Waals surface area contributed by atoms with Gasteiger partial charge in [0.05, 0.1) is 11.8 Å². The third-order valence-corrected chi connectivity index (χ3v) is 3.65. The second-order valence-corrected chi connectivity index (χ2v) is 6.46. The molecule has 1 N–H and O–H groups in total. The molecule has 0 spiro atoms. The van der Waals surface area contributed by atoms with Crippen molar-refractivity contribution in [3.8, 4) is 0 Å². The maximum absolute atomic E-state index is 11.2. The van der Waals surface area contributed by atoms with Gasteiger partial charge in [0.25, 0.3) is 0 Å². The van der Waals surface area contributed by atoms with Crippen molar-refractivity contribution in [2.75, 3.05) is 6.26 Å². The number of hydrogen-bond acceptors (Lipinski definition) is 3. The highest BCUT2D eigenvalue weighted by Crippen LogP contribution is 2.23. The maximum Gasteiger partial charge on any atom is 0.209 e. The van der Waals surface area contributed by atoms with Gasteiger partial charge in [0, 0.05) is 24.7 Å². The van der Waals surface area contributed by atoms with E-state index in [0.717, 1.165) is 34.0 Å². The van der Waals surface area contributed by atoms with E-state index >= 15 is 0 Å². The van der Waals surface area contributed by atoms with Gasteiger partial charge in [0.1, 0.15) is 0 Å². The highest BCUT2D eigenvalue weighted by atomic mass is 32.2. The molecule has 0 aliphatic heterocycles. The van der Waals surface area contributed by atoms with Gasteiger partial charge in [-0.1, -0.05) is 6.07 Å². The Kier molecular flexibility index (Phi) is 3.16. The van der Waals surface area contributed by atoms with E-state index in [0.29, 0.717) is 0 Å². The van der Waals surface area contributed by atoms with Gasteiger partial charge in [-0.3, -0.25) is 4.68 Å². The van der Waals surface area contributed by atoms with Gasteiger partial charge in [-0.2, -0.15) is 5.10 Å². The number of sulfonamides is 1. The minimum Gasteiger partial charge on any atom is -0.272 e. The lowest BCUT2D eigenvalue weighted by molar-refractivity contribution is 0.587. The summed E-state index contributed by atoms with van der Waals surface area (Å²) < 4.78 is 26.6. The molecule has 0 radical (unpaired) electrons. The summed E-state index contributed by atoms with van der Waals surface area (Å²) in [6.07, 6.45) is 1.16. The summed E-state index contributed by atoms with van der Waals surface area (Å²) in [7, 11) is -1.30. The second-order valence-electron chi connectivity index (χ2n) is 4.62. The maximum atomic E-state index is 11.2. The molecule has 1 heterocycles. The van der Waals surface area contributed by atoms with Gasteiger partial charge in [0.2, 0.25) is 10.0 Å². The highest BCUT2D eigenvalue weighted by Gasteiger charge is 2.11. The largest absolute Gasteiger partial charge is 0.272 e. The van der Waals surface area contributed by atoms with Crippen LogP contribution < -0.4 is 4.72 Å². The number of aryl methyl sites for hydroxylation is 3. The number of aromatic nitrogens is 2. The van der Waals surface area contributed by atoms with Crippen molar-refractivity contribution < 1.29 is 8.42 Å². The van der Waals surface area contributed by atoms with E-state index < -0.39 is 10.0 Å². The van der Waals surface area contributed by atoms with Crippen LogP contribution in [0.25, 0.3) is 10.9 Å². The summed E-state index contributed by atoms with van der Waals surface area (Å²) >= 11 is 0. The van der Waals surface area contributed by atoms with Gasteiger partial charge in [-0.05, 0) is 31.0 Å². The van der Waals surface area contributed by atoms with Gasteiger partial charge >= 0.3 is 0 Å². The van der Waals surface area contributed by atoms with Crippen molar-refractivity contribution in [2.45, 2.75) is 20.4 Å². The Bertz CT molecular complexity index is 702. The molecule has 0 aliphatic rings. The number of fused-ring (bicyclic) bond motifs is 1. The molecule has 0 fully saturated rings. The molecule has 1 aromatic heterocycles. The summed E-state index contributed by atoms with van der Waals surface area (Å²) in [4.78, 5) is 0. The zero-order valence-electron chi connectivity index (χ0n) is 11.0. The number of nitrogens with one attached hydrogen (secondary N) is 1. The molecule has 2 aromatic rings. The van der Waals surface area contributed by atoms with Crippen LogP contribution in [0.15, 0.2) is 12.1 Å². The molecule has 0 unspecified atom stereocenters. The Labute approximate surface area is 107 Å². The van der Waals surface area contributed by atoms with Crippen LogP contribution in [0.4, 0.5) is 0 Å². The lowest BCUT2D eigenvalue weighted by Gasteiger charge is -2.05. The standard InChI is InChI=1S/C12H17N3O2S/c1-8-5-10(7-13-18(4,16)17)12-11(6-8)9(2)15(3)14-12/h5-6,13H,7H2,1-4H3. The number of benzene rings is 1.